The van der Waals surface area contributed by atoms with E-state index in [-0.39, 0.29) is 26.1 Å². The quantitative estimate of drug-likeness (QED) is 0.0195. The molecule has 78 heavy (non-hydrogen) atoms. The second kappa shape index (κ2) is 58.6. The van der Waals surface area contributed by atoms with Gasteiger partial charge in [0.25, 0.3) is 7.82 Å². The Morgan fingerprint density at radius 3 is 1.14 bits per heavy atom. The van der Waals surface area contributed by atoms with E-state index in [1.807, 2.05) is 27.2 Å². The highest BCUT2D eigenvalue weighted by molar-refractivity contribution is 7.45. The zero-order chi connectivity index (χ0) is 57.0. The van der Waals surface area contributed by atoms with Crippen LogP contribution in [0.3, 0.4) is 0 Å². The average molecular weight is 1110 g/mol. The molecule has 0 N–H and O–H groups in total. The van der Waals surface area contributed by atoms with Gasteiger partial charge in [-0.05, 0) is 89.9 Å². The van der Waals surface area contributed by atoms with E-state index in [1.165, 1.54) is 167 Å². The van der Waals surface area contributed by atoms with Crippen LogP contribution < -0.4 is 4.89 Å². The maximum atomic E-state index is 12.8. The van der Waals surface area contributed by atoms with Crippen LogP contribution in [0.25, 0.3) is 0 Å². The summed E-state index contributed by atoms with van der Waals surface area (Å²) in [5.74, 6) is -0.900. The number of phosphoric ester groups is 1. The lowest BCUT2D eigenvalue weighted by atomic mass is 10.0. The SMILES string of the molecule is CC/C=C\C/C=C\C/C=C\C/C=C\C/C=C\C/C=C\C/C=C\CCCC(=O)OC(COC(=O)CCCCCCCCCCCCCCCCCCCCC/C=C\CCCCCCCCCC)COP(=O)([O-])OCC[N+](C)(C)C. The number of hydrogen-bond acceptors (Lipinski definition) is 8. The van der Waals surface area contributed by atoms with Crippen LogP contribution >= 0.6 is 7.82 Å². The van der Waals surface area contributed by atoms with Crippen molar-refractivity contribution in [1.82, 2.24) is 0 Å². The Morgan fingerprint density at radius 2 is 0.744 bits per heavy atom. The minimum atomic E-state index is -4.66. The number of carbonyl (C=O) groups is 2. The van der Waals surface area contributed by atoms with Crippen LogP contribution in [0, 0.1) is 0 Å². The Kier molecular flexibility index (Phi) is 56.3. The first-order valence-corrected chi connectivity index (χ1v) is 33.4. The van der Waals surface area contributed by atoms with Gasteiger partial charge in [0.05, 0.1) is 27.7 Å². The Hall–Kier alpha value is -3.07. The first-order chi connectivity index (χ1) is 38.0. The zero-order valence-electron chi connectivity index (χ0n) is 51.1. The van der Waals surface area contributed by atoms with Crippen molar-refractivity contribution < 1.29 is 42.1 Å². The van der Waals surface area contributed by atoms with Gasteiger partial charge in [0.2, 0.25) is 0 Å². The first-order valence-electron chi connectivity index (χ1n) is 31.9. The molecular formula is C68H120NO8P. The Bertz CT molecular complexity index is 1640. The third-order valence-electron chi connectivity index (χ3n) is 13.6. The van der Waals surface area contributed by atoms with E-state index in [9.17, 15) is 19.0 Å². The van der Waals surface area contributed by atoms with E-state index >= 15 is 0 Å². The van der Waals surface area contributed by atoms with Gasteiger partial charge in [0, 0.05) is 12.8 Å². The Balaban J connectivity index is 4.14. The molecule has 0 fully saturated rings. The lowest BCUT2D eigenvalue weighted by Crippen LogP contribution is -2.37. The van der Waals surface area contributed by atoms with Crippen molar-refractivity contribution >= 4 is 19.8 Å². The average Bonchev–Trinajstić information content (AvgIpc) is 3.40. The van der Waals surface area contributed by atoms with Crippen molar-refractivity contribution in [3.8, 4) is 0 Å². The second-order valence-corrected chi connectivity index (χ2v) is 23.8. The van der Waals surface area contributed by atoms with Crippen molar-refractivity contribution in [2.24, 2.45) is 0 Å². The molecule has 0 saturated carbocycles. The highest BCUT2D eigenvalue weighted by atomic mass is 31.2. The highest BCUT2D eigenvalue weighted by Gasteiger charge is 2.21. The normalized spacial score (nSPS) is 13.9. The fraction of sp³-hybridized carbons (Fsp3) is 0.735. The number of unbranched alkanes of at least 4 members (excludes halogenated alkanes) is 28. The van der Waals surface area contributed by atoms with Gasteiger partial charge in [0.15, 0.2) is 6.10 Å². The predicted octanol–water partition coefficient (Wildman–Crippen LogP) is 19.7. The summed E-state index contributed by atoms with van der Waals surface area (Å²) in [5.41, 5.74) is 0. The molecule has 0 radical (unpaired) electrons. The summed E-state index contributed by atoms with van der Waals surface area (Å²) in [6, 6.07) is 0. The number of likely N-dealkylation sites (N-methyl/N-ethyl adjacent to an activating group) is 1. The molecule has 2 unspecified atom stereocenters. The van der Waals surface area contributed by atoms with E-state index in [1.54, 1.807) is 0 Å². The largest absolute Gasteiger partial charge is 0.756 e. The fourth-order valence-corrected chi connectivity index (χ4v) is 9.43. The molecule has 0 saturated heterocycles. The monoisotopic (exact) mass is 1110 g/mol. The van der Waals surface area contributed by atoms with Gasteiger partial charge in [-0.3, -0.25) is 14.2 Å². The Morgan fingerprint density at radius 1 is 0.410 bits per heavy atom. The van der Waals surface area contributed by atoms with Crippen LogP contribution in [-0.2, 0) is 32.7 Å². The molecule has 0 aliphatic heterocycles. The van der Waals surface area contributed by atoms with Crippen LogP contribution in [0.15, 0.2) is 97.2 Å². The number of nitrogens with zero attached hydrogens (tertiary/aromatic N) is 1. The van der Waals surface area contributed by atoms with E-state index < -0.39 is 32.5 Å². The van der Waals surface area contributed by atoms with E-state index in [0.717, 1.165) is 64.2 Å². The van der Waals surface area contributed by atoms with Crippen molar-refractivity contribution in [1.29, 1.82) is 0 Å². The lowest BCUT2D eigenvalue weighted by Gasteiger charge is -2.28. The van der Waals surface area contributed by atoms with Crippen LogP contribution in [0.5, 0.6) is 0 Å². The highest BCUT2D eigenvalue weighted by Crippen LogP contribution is 2.38. The Labute approximate surface area is 481 Å². The van der Waals surface area contributed by atoms with E-state index in [0.29, 0.717) is 23.9 Å². The smallest absolute Gasteiger partial charge is 0.306 e. The molecule has 0 heterocycles. The van der Waals surface area contributed by atoms with Gasteiger partial charge >= 0.3 is 11.9 Å². The number of hydrogen-bond donors (Lipinski definition) is 0. The number of phosphoric acid groups is 1. The van der Waals surface area contributed by atoms with Gasteiger partial charge in [-0.25, -0.2) is 0 Å². The standard InChI is InChI=1S/C68H120NO8P/c1-6-8-10-12-14-16-18-20-22-24-26-28-30-31-32-33-34-35-36-37-39-40-42-44-46-48-50-52-54-56-58-60-67(70)74-64-66(65-76-78(72,73)75-63-62-69(3,4)5)77-68(71)61-59-57-55-53-51-49-47-45-43-41-38-29-27-25-23-21-19-17-15-13-11-9-7-2/h9,11,15,17,21,23-24,26-27,29,41,43,47,49,53,55,66H,6-8,10,12-14,16,18-20,22,25,28,30-40,42,44-46,48,50-52,54,56-65H2,1-5H3/b11-9-,17-15-,23-21-,26-24-,29-27-,43-41-,49-47-,55-53-. The van der Waals surface area contributed by atoms with Crippen LogP contribution in [0.1, 0.15) is 271 Å². The number of ether oxygens (including phenoxy) is 2. The number of rotatable bonds is 58. The second-order valence-electron chi connectivity index (χ2n) is 22.4. The summed E-state index contributed by atoms with van der Waals surface area (Å²) in [5, 5.41) is 0. The summed E-state index contributed by atoms with van der Waals surface area (Å²) >= 11 is 0. The van der Waals surface area contributed by atoms with Crippen LogP contribution in [0.2, 0.25) is 0 Å². The maximum Gasteiger partial charge on any atom is 0.306 e. The molecule has 0 amide bonds. The molecular weight excluding hydrogens is 990 g/mol. The summed E-state index contributed by atoms with van der Waals surface area (Å²) in [6.07, 6.45) is 80.6. The van der Waals surface area contributed by atoms with Gasteiger partial charge in [-0.1, -0.05) is 265 Å². The summed E-state index contributed by atoms with van der Waals surface area (Å²) in [4.78, 5) is 37.9. The summed E-state index contributed by atoms with van der Waals surface area (Å²) in [7, 11) is 1.12. The molecule has 450 valence electrons. The fourth-order valence-electron chi connectivity index (χ4n) is 8.70. The maximum absolute atomic E-state index is 12.8. The third kappa shape index (κ3) is 62.1. The van der Waals surface area contributed by atoms with Gasteiger partial charge in [-0.2, -0.15) is 0 Å². The molecule has 0 aliphatic carbocycles. The molecule has 0 aromatic rings. The van der Waals surface area contributed by atoms with E-state index in [2.05, 4.69) is 105 Å². The number of carbonyl (C=O) groups excluding carboxylic acids is 2. The predicted molar refractivity (Wildman–Crippen MR) is 332 cm³/mol. The number of allylic oxidation sites excluding steroid dienone is 16. The molecule has 0 spiro atoms. The summed E-state index contributed by atoms with van der Waals surface area (Å²) < 4.78 is 34.1. The van der Waals surface area contributed by atoms with Crippen molar-refractivity contribution in [2.75, 3.05) is 47.5 Å². The molecule has 2 atom stereocenters. The third-order valence-corrected chi connectivity index (χ3v) is 14.6. The zero-order valence-corrected chi connectivity index (χ0v) is 52.0. The molecule has 10 heteroatoms. The van der Waals surface area contributed by atoms with Crippen molar-refractivity contribution in [3.05, 3.63) is 97.2 Å². The summed E-state index contributed by atoms with van der Waals surface area (Å²) in [6.45, 7) is 4.07. The van der Waals surface area contributed by atoms with Gasteiger partial charge in [0.1, 0.15) is 19.8 Å². The minimum absolute atomic E-state index is 0.0456. The van der Waals surface area contributed by atoms with Crippen molar-refractivity contribution in [3.63, 3.8) is 0 Å². The molecule has 0 rings (SSSR count). The van der Waals surface area contributed by atoms with Gasteiger partial charge in [-0.15, -0.1) is 0 Å². The topological polar surface area (TPSA) is 111 Å². The number of esters is 2. The lowest BCUT2D eigenvalue weighted by molar-refractivity contribution is -0.870. The van der Waals surface area contributed by atoms with E-state index in [4.69, 9.17) is 18.5 Å². The molecule has 0 bridgehead atoms. The molecule has 0 aromatic carbocycles. The molecule has 0 aromatic heterocycles. The molecule has 9 nitrogen and oxygen atoms in total. The van der Waals surface area contributed by atoms with Crippen molar-refractivity contribution in [2.45, 2.75) is 277 Å². The van der Waals surface area contributed by atoms with Crippen LogP contribution in [0.4, 0.5) is 0 Å². The van der Waals surface area contributed by atoms with Gasteiger partial charge < -0.3 is 27.9 Å². The number of quaternary nitrogens is 1. The minimum Gasteiger partial charge on any atom is -0.756 e. The molecule has 0 aliphatic rings. The first kappa shape index (κ1) is 74.9. The van der Waals surface area contributed by atoms with Crippen LogP contribution in [-0.4, -0.2) is 70.0 Å².